The fraction of sp³-hybridized carbons (Fsp3) is 1.00. The SMILES string of the molecule is C[C@H]1COC[C@@H]1N.Cl. The average Bonchev–Trinajstić information content (AvgIpc) is 1.91. The van der Waals surface area contributed by atoms with Gasteiger partial charge in [0.2, 0.25) is 0 Å². The molecule has 1 heterocycles. The second-order valence-electron chi connectivity index (χ2n) is 2.18. The minimum absolute atomic E-state index is 0. The summed E-state index contributed by atoms with van der Waals surface area (Å²) in [4.78, 5) is 0. The molecule has 8 heavy (non-hydrogen) atoms. The van der Waals surface area contributed by atoms with Gasteiger partial charge in [-0.1, -0.05) is 6.92 Å². The van der Waals surface area contributed by atoms with Gasteiger partial charge < -0.3 is 10.5 Å². The van der Waals surface area contributed by atoms with Crippen LogP contribution in [0.3, 0.4) is 0 Å². The maximum Gasteiger partial charge on any atom is 0.0621 e. The van der Waals surface area contributed by atoms with Crippen LogP contribution < -0.4 is 5.73 Å². The monoisotopic (exact) mass is 137 g/mol. The van der Waals surface area contributed by atoms with Gasteiger partial charge in [-0.05, 0) is 5.92 Å². The zero-order chi connectivity index (χ0) is 5.28. The van der Waals surface area contributed by atoms with Crippen LogP contribution in [0.4, 0.5) is 0 Å². The first-order chi connectivity index (χ1) is 3.30. The smallest absolute Gasteiger partial charge is 0.0621 e. The summed E-state index contributed by atoms with van der Waals surface area (Å²) in [6, 6.07) is 0.292. The molecule has 1 saturated heterocycles. The maximum atomic E-state index is 5.55. The first-order valence-electron chi connectivity index (χ1n) is 2.64. The molecule has 1 rings (SSSR count). The van der Waals surface area contributed by atoms with E-state index in [1.54, 1.807) is 0 Å². The van der Waals surface area contributed by atoms with E-state index < -0.39 is 0 Å². The molecule has 0 bridgehead atoms. The van der Waals surface area contributed by atoms with Crippen LogP contribution in [0.5, 0.6) is 0 Å². The maximum absolute atomic E-state index is 5.55. The molecule has 0 aromatic heterocycles. The number of rotatable bonds is 0. The topological polar surface area (TPSA) is 35.2 Å². The molecule has 1 fully saturated rings. The van der Waals surface area contributed by atoms with Crippen LogP contribution in [0.15, 0.2) is 0 Å². The van der Waals surface area contributed by atoms with E-state index in [0.29, 0.717) is 12.0 Å². The summed E-state index contributed by atoms with van der Waals surface area (Å²) in [5, 5.41) is 0. The van der Waals surface area contributed by atoms with Crippen LogP contribution in [-0.2, 0) is 4.74 Å². The molecule has 0 aromatic carbocycles. The number of halogens is 1. The Labute approximate surface area is 55.8 Å². The second-order valence-corrected chi connectivity index (χ2v) is 2.18. The molecule has 1 aliphatic heterocycles. The third-order valence-electron chi connectivity index (χ3n) is 1.42. The molecule has 1 aliphatic rings. The van der Waals surface area contributed by atoms with Crippen molar-refractivity contribution in [2.45, 2.75) is 13.0 Å². The lowest BCUT2D eigenvalue weighted by Gasteiger charge is -2.02. The molecule has 2 atom stereocenters. The Bertz CT molecular complexity index is 61.4. The van der Waals surface area contributed by atoms with Crippen molar-refractivity contribution in [2.75, 3.05) is 13.2 Å². The van der Waals surface area contributed by atoms with Gasteiger partial charge in [0, 0.05) is 6.04 Å². The van der Waals surface area contributed by atoms with Gasteiger partial charge in [0.15, 0.2) is 0 Å². The lowest BCUT2D eigenvalue weighted by Crippen LogP contribution is -2.25. The minimum atomic E-state index is 0. The second kappa shape index (κ2) is 3.28. The van der Waals surface area contributed by atoms with E-state index in [2.05, 4.69) is 6.92 Å². The van der Waals surface area contributed by atoms with Crippen LogP contribution in [0.1, 0.15) is 6.92 Å². The molecular weight excluding hydrogens is 126 g/mol. The van der Waals surface area contributed by atoms with Crippen LogP contribution in [0.2, 0.25) is 0 Å². The predicted molar refractivity (Wildman–Crippen MR) is 35.2 cm³/mol. The molecule has 2 N–H and O–H groups in total. The van der Waals surface area contributed by atoms with Crippen molar-refractivity contribution in [3.05, 3.63) is 0 Å². The van der Waals surface area contributed by atoms with Crippen molar-refractivity contribution < 1.29 is 4.74 Å². The molecule has 2 nitrogen and oxygen atoms in total. The Morgan fingerprint density at radius 2 is 2.12 bits per heavy atom. The van der Waals surface area contributed by atoms with Crippen molar-refractivity contribution in [1.82, 2.24) is 0 Å². The third kappa shape index (κ3) is 1.62. The summed E-state index contributed by atoms with van der Waals surface area (Å²) < 4.78 is 5.04. The van der Waals surface area contributed by atoms with Crippen molar-refractivity contribution in [2.24, 2.45) is 11.7 Å². The van der Waals surface area contributed by atoms with Crippen LogP contribution in [-0.4, -0.2) is 19.3 Å². The number of hydrogen-bond donors (Lipinski definition) is 1. The summed E-state index contributed by atoms with van der Waals surface area (Å²) in [5.74, 6) is 0.569. The highest BCUT2D eigenvalue weighted by Crippen LogP contribution is 2.08. The van der Waals surface area contributed by atoms with E-state index in [-0.39, 0.29) is 12.4 Å². The summed E-state index contributed by atoms with van der Waals surface area (Å²) in [6.07, 6.45) is 0. The van der Waals surface area contributed by atoms with Gasteiger partial charge in [-0.15, -0.1) is 12.4 Å². The van der Waals surface area contributed by atoms with Crippen molar-refractivity contribution in [3.8, 4) is 0 Å². The molecule has 3 heteroatoms. The first-order valence-corrected chi connectivity index (χ1v) is 2.64. The van der Waals surface area contributed by atoms with Gasteiger partial charge >= 0.3 is 0 Å². The molecule has 0 saturated carbocycles. The molecule has 0 amide bonds. The van der Waals surface area contributed by atoms with E-state index in [0.717, 1.165) is 13.2 Å². The standard InChI is InChI=1S/C5H11NO.ClH/c1-4-2-7-3-5(4)6;/h4-5H,2-3,6H2,1H3;1H/t4-,5-;/m0./s1. The molecule has 0 aromatic rings. The van der Waals surface area contributed by atoms with Crippen molar-refractivity contribution in [1.29, 1.82) is 0 Å². The van der Waals surface area contributed by atoms with Gasteiger partial charge in [-0.2, -0.15) is 0 Å². The third-order valence-corrected chi connectivity index (χ3v) is 1.42. The lowest BCUT2D eigenvalue weighted by molar-refractivity contribution is 0.186. The Balaban J connectivity index is 0.000000490. The lowest BCUT2D eigenvalue weighted by atomic mass is 10.1. The van der Waals surface area contributed by atoms with Gasteiger partial charge in [0.05, 0.1) is 13.2 Å². The largest absolute Gasteiger partial charge is 0.379 e. The highest BCUT2D eigenvalue weighted by atomic mass is 35.5. The highest BCUT2D eigenvalue weighted by Gasteiger charge is 2.18. The minimum Gasteiger partial charge on any atom is -0.379 e. The highest BCUT2D eigenvalue weighted by molar-refractivity contribution is 5.85. The quantitative estimate of drug-likeness (QED) is 0.525. The van der Waals surface area contributed by atoms with Crippen molar-refractivity contribution >= 4 is 12.4 Å². The van der Waals surface area contributed by atoms with Gasteiger partial charge in [0.1, 0.15) is 0 Å². The Hall–Kier alpha value is 0.210. The summed E-state index contributed by atoms with van der Waals surface area (Å²) >= 11 is 0. The molecule has 50 valence electrons. The zero-order valence-electron chi connectivity index (χ0n) is 4.96. The number of nitrogens with two attached hydrogens (primary N) is 1. The number of ether oxygens (including phenoxy) is 1. The van der Waals surface area contributed by atoms with Crippen LogP contribution >= 0.6 is 12.4 Å². The molecule has 0 radical (unpaired) electrons. The van der Waals surface area contributed by atoms with Gasteiger partial charge in [-0.25, -0.2) is 0 Å². The van der Waals surface area contributed by atoms with Crippen LogP contribution in [0, 0.1) is 5.92 Å². The first kappa shape index (κ1) is 8.21. The zero-order valence-corrected chi connectivity index (χ0v) is 5.78. The van der Waals surface area contributed by atoms with Gasteiger partial charge in [-0.3, -0.25) is 0 Å². The predicted octanol–water partition coefficient (Wildman–Crippen LogP) is 0.402. The molecule has 0 aliphatic carbocycles. The molecule has 0 spiro atoms. The molecular formula is C5H12ClNO. The van der Waals surface area contributed by atoms with E-state index in [1.807, 2.05) is 0 Å². The average molecular weight is 138 g/mol. The Kier molecular flexibility index (Phi) is 3.36. The Morgan fingerprint density at radius 1 is 1.50 bits per heavy atom. The van der Waals surface area contributed by atoms with E-state index in [9.17, 15) is 0 Å². The fourth-order valence-electron chi connectivity index (χ4n) is 0.678. The Morgan fingerprint density at radius 3 is 2.25 bits per heavy atom. The van der Waals surface area contributed by atoms with E-state index in [4.69, 9.17) is 10.5 Å². The molecule has 0 unspecified atom stereocenters. The fourth-order valence-corrected chi connectivity index (χ4v) is 0.678. The summed E-state index contributed by atoms with van der Waals surface area (Å²) in [5.41, 5.74) is 5.55. The van der Waals surface area contributed by atoms with Crippen molar-refractivity contribution in [3.63, 3.8) is 0 Å². The van der Waals surface area contributed by atoms with E-state index in [1.165, 1.54) is 0 Å². The number of hydrogen-bond acceptors (Lipinski definition) is 2. The van der Waals surface area contributed by atoms with E-state index >= 15 is 0 Å². The van der Waals surface area contributed by atoms with Crippen LogP contribution in [0.25, 0.3) is 0 Å². The normalized spacial score (nSPS) is 36.8. The van der Waals surface area contributed by atoms with Gasteiger partial charge in [0.25, 0.3) is 0 Å². The summed E-state index contributed by atoms with van der Waals surface area (Å²) in [6.45, 7) is 3.71. The summed E-state index contributed by atoms with van der Waals surface area (Å²) in [7, 11) is 0.